The van der Waals surface area contributed by atoms with Gasteiger partial charge in [0.2, 0.25) is 0 Å². The van der Waals surface area contributed by atoms with Gasteiger partial charge in [0.25, 0.3) is 5.91 Å². The Morgan fingerprint density at radius 3 is 2.57 bits per heavy atom. The van der Waals surface area contributed by atoms with Crippen LogP contribution in [-0.4, -0.2) is 33.6 Å². The van der Waals surface area contributed by atoms with Crippen LogP contribution in [0.3, 0.4) is 0 Å². The summed E-state index contributed by atoms with van der Waals surface area (Å²) in [5, 5.41) is 21.1. The normalized spacial score (nSPS) is 17.0. The molecule has 144 valence electrons. The number of carbonyl (C=O) groups excluding carboxylic acids is 1. The van der Waals surface area contributed by atoms with Gasteiger partial charge >= 0.3 is 5.97 Å². The fourth-order valence-corrected chi connectivity index (χ4v) is 4.07. The minimum absolute atomic E-state index is 0.0264. The molecule has 0 atom stereocenters. The maximum atomic E-state index is 12.7. The molecule has 9 heteroatoms. The lowest BCUT2D eigenvalue weighted by molar-refractivity contribution is -0.268. The van der Waals surface area contributed by atoms with Crippen molar-refractivity contribution in [2.45, 2.75) is 6.92 Å². The van der Waals surface area contributed by atoms with E-state index in [0.29, 0.717) is 27.9 Å². The molecule has 1 fully saturated rings. The topological polar surface area (TPSA) is 93.0 Å². The molecule has 0 spiro atoms. The number of aliphatic imine (C=N–C) groups is 1. The second kappa shape index (κ2) is 8.26. The van der Waals surface area contributed by atoms with Crippen LogP contribution in [0.15, 0.2) is 46.3 Å². The number of hydrogen-bond donors (Lipinski definition) is 1. The first kappa shape index (κ1) is 20.3. The minimum Gasteiger partial charge on any atom is -0.870 e. The van der Waals surface area contributed by atoms with Crippen LogP contribution in [0.2, 0.25) is 10.0 Å². The molecule has 28 heavy (non-hydrogen) atoms. The standard InChI is InChI=1S/C19H14Cl2N2O4S/c1-2-23-17(25)15(8-10-6-13(20)16(24)14(21)7-10)28-19(23)22-12-5-3-4-11(9-12)18(26)27/h3-9,24H,2H2,1H3,(H,26,27)/p-1/b15-8-,22-19?. The van der Waals surface area contributed by atoms with Gasteiger partial charge in [0.05, 0.1) is 16.2 Å². The van der Waals surface area contributed by atoms with Gasteiger partial charge in [-0.1, -0.05) is 35.0 Å². The van der Waals surface area contributed by atoms with Crippen LogP contribution in [0, 0.1) is 0 Å². The molecule has 1 aliphatic heterocycles. The Morgan fingerprint density at radius 1 is 1.29 bits per heavy atom. The molecule has 1 heterocycles. The number of benzene rings is 2. The highest BCUT2D eigenvalue weighted by Gasteiger charge is 2.32. The van der Waals surface area contributed by atoms with Gasteiger partial charge in [0.15, 0.2) is 5.17 Å². The summed E-state index contributed by atoms with van der Waals surface area (Å²) in [4.78, 5) is 30.1. The third-order valence-electron chi connectivity index (χ3n) is 3.84. The van der Waals surface area contributed by atoms with Crippen LogP contribution in [0.1, 0.15) is 22.8 Å². The van der Waals surface area contributed by atoms with E-state index in [1.54, 1.807) is 18.2 Å². The fraction of sp³-hybridized carbons (Fsp3) is 0.105. The number of amidine groups is 1. The molecule has 0 bridgehead atoms. The Kier molecular flexibility index (Phi) is 5.98. The summed E-state index contributed by atoms with van der Waals surface area (Å²) < 4.78 is 0. The van der Waals surface area contributed by atoms with E-state index in [4.69, 9.17) is 28.3 Å². The highest BCUT2D eigenvalue weighted by atomic mass is 35.5. The molecule has 0 aromatic heterocycles. The average Bonchev–Trinajstić information content (AvgIpc) is 2.94. The Hall–Kier alpha value is -2.48. The Morgan fingerprint density at radius 2 is 1.96 bits per heavy atom. The lowest BCUT2D eigenvalue weighted by Crippen LogP contribution is -2.28. The summed E-state index contributed by atoms with van der Waals surface area (Å²) in [5.41, 5.74) is 1.06. The molecule has 0 radical (unpaired) electrons. The first-order valence-corrected chi connectivity index (χ1v) is 9.67. The first-order valence-electron chi connectivity index (χ1n) is 8.09. The van der Waals surface area contributed by atoms with Crippen molar-refractivity contribution in [2.75, 3.05) is 6.54 Å². The predicted octanol–water partition coefficient (Wildman–Crippen LogP) is 4.39. The molecule has 2 aromatic rings. The molecule has 1 aliphatic rings. The van der Waals surface area contributed by atoms with E-state index < -0.39 is 11.7 Å². The molecule has 0 aliphatic carbocycles. The van der Waals surface area contributed by atoms with E-state index in [9.17, 15) is 14.7 Å². The highest BCUT2D eigenvalue weighted by Crippen LogP contribution is 2.36. The number of nitrogens with zero attached hydrogens (tertiary/aromatic N) is 2. The van der Waals surface area contributed by atoms with Crippen LogP contribution >= 0.6 is 35.0 Å². The lowest BCUT2D eigenvalue weighted by Gasteiger charge is -2.12. The van der Waals surface area contributed by atoms with Crippen molar-refractivity contribution in [1.82, 2.24) is 4.90 Å². The maximum absolute atomic E-state index is 12.7. The second-order valence-electron chi connectivity index (χ2n) is 5.72. The second-order valence-corrected chi connectivity index (χ2v) is 7.55. The number of carboxylic acid groups (broad SMARTS) is 1. The van der Waals surface area contributed by atoms with Gasteiger partial charge in [-0.3, -0.25) is 9.69 Å². The molecule has 3 rings (SSSR count). The Balaban J connectivity index is 1.97. The number of likely N-dealkylation sites (N-methyl/N-ethyl adjacent to an activating group) is 1. The van der Waals surface area contributed by atoms with Crippen molar-refractivity contribution < 1.29 is 19.8 Å². The van der Waals surface area contributed by atoms with Crippen LogP contribution in [0.5, 0.6) is 5.75 Å². The Bertz CT molecular complexity index is 1010. The first-order chi connectivity index (χ1) is 13.3. The van der Waals surface area contributed by atoms with Crippen molar-refractivity contribution in [3.05, 3.63) is 62.5 Å². The van der Waals surface area contributed by atoms with Gasteiger partial charge < -0.3 is 10.2 Å². The predicted molar refractivity (Wildman–Crippen MR) is 109 cm³/mol. The summed E-state index contributed by atoms with van der Waals surface area (Å²) in [7, 11) is 0. The van der Waals surface area contributed by atoms with Crippen LogP contribution in [0.25, 0.3) is 6.08 Å². The number of carbonyl (C=O) groups is 2. The number of rotatable bonds is 4. The lowest BCUT2D eigenvalue weighted by atomic mass is 10.2. The third kappa shape index (κ3) is 4.16. The molecule has 1 saturated heterocycles. The van der Waals surface area contributed by atoms with E-state index in [1.807, 2.05) is 6.92 Å². The molecule has 0 saturated carbocycles. The number of halogens is 2. The van der Waals surface area contributed by atoms with Crippen molar-refractivity contribution in [3.8, 4) is 5.75 Å². The van der Waals surface area contributed by atoms with E-state index in [0.717, 1.165) is 11.8 Å². The molecule has 6 nitrogen and oxygen atoms in total. The maximum Gasteiger partial charge on any atom is 0.335 e. The van der Waals surface area contributed by atoms with Crippen LogP contribution in [0.4, 0.5) is 5.69 Å². The number of carboxylic acids is 1. The smallest absolute Gasteiger partial charge is 0.335 e. The van der Waals surface area contributed by atoms with Crippen molar-refractivity contribution in [1.29, 1.82) is 0 Å². The number of thioether (sulfide) groups is 1. The summed E-state index contributed by atoms with van der Waals surface area (Å²) in [6.07, 6.45) is 1.59. The number of hydrogen-bond acceptors (Lipinski definition) is 5. The van der Waals surface area contributed by atoms with Crippen LogP contribution < -0.4 is 5.11 Å². The summed E-state index contributed by atoms with van der Waals surface area (Å²) >= 11 is 12.9. The minimum atomic E-state index is -1.05. The zero-order chi connectivity index (χ0) is 20.4. The zero-order valence-electron chi connectivity index (χ0n) is 14.5. The quantitative estimate of drug-likeness (QED) is 0.718. The molecule has 1 N–H and O–H groups in total. The van der Waals surface area contributed by atoms with Gasteiger partial charge in [-0.25, -0.2) is 9.79 Å². The van der Waals surface area contributed by atoms with Crippen molar-refractivity contribution >= 4 is 63.8 Å². The van der Waals surface area contributed by atoms with Crippen LogP contribution in [-0.2, 0) is 4.79 Å². The summed E-state index contributed by atoms with van der Waals surface area (Å²) in [5.74, 6) is -1.77. The zero-order valence-corrected chi connectivity index (χ0v) is 16.8. The van der Waals surface area contributed by atoms with Crippen molar-refractivity contribution in [3.63, 3.8) is 0 Å². The van der Waals surface area contributed by atoms with Gasteiger partial charge in [-0.15, -0.1) is 0 Å². The Labute approximate surface area is 175 Å². The van der Waals surface area contributed by atoms with Gasteiger partial charge in [-0.2, -0.15) is 0 Å². The van der Waals surface area contributed by atoms with Gasteiger partial charge in [0, 0.05) is 16.6 Å². The highest BCUT2D eigenvalue weighted by molar-refractivity contribution is 8.18. The fourth-order valence-electron chi connectivity index (χ4n) is 2.50. The average molecular weight is 436 g/mol. The largest absolute Gasteiger partial charge is 0.870 e. The molecular weight excluding hydrogens is 423 g/mol. The third-order valence-corrected chi connectivity index (χ3v) is 5.41. The summed E-state index contributed by atoms with van der Waals surface area (Å²) in [6.45, 7) is 2.20. The molecular formula is C19H13Cl2N2O4S-. The monoisotopic (exact) mass is 435 g/mol. The molecule has 2 aromatic carbocycles. The number of amides is 1. The van der Waals surface area contributed by atoms with E-state index in [2.05, 4.69) is 4.99 Å². The molecule has 1 amide bonds. The van der Waals surface area contributed by atoms with Gasteiger partial charge in [-0.05, 0) is 60.7 Å². The summed E-state index contributed by atoms with van der Waals surface area (Å²) in [6, 6.07) is 9.03. The van der Waals surface area contributed by atoms with E-state index in [-0.39, 0.29) is 21.5 Å². The number of aromatic carboxylic acids is 1. The van der Waals surface area contributed by atoms with Gasteiger partial charge in [0.1, 0.15) is 0 Å². The SMILES string of the molecule is CCN1C(=O)/C(=C/c2cc(Cl)c([O-])c(Cl)c2)SC1=Nc1cccc(C(=O)O)c1. The van der Waals surface area contributed by atoms with E-state index in [1.165, 1.54) is 29.2 Å². The van der Waals surface area contributed by atoms with Crippen molar-refractivity contribution in [2.24, 2.45) is 4.99 Å². The molecule has 0 unspecified atom stereocenters. The van der Waals surface area contributed by atoms with E-state index >= 15 is 0 Å².